The van der Waals surface area contributed by atoms with Crippen molar-refractivity contribution in [3.05, 3.63) is 58.1 Å². The number of carbonyl (C=O) groups is 1. The molecule has 1 aliphatic rings. The summed E-state index contributed by atoms with van der Waals surface area (Å²) in [4.78, 5) is 18.2. The van der Waals surface area contributed by atoms with E-state index in [0.717, 1.165) is 35.2 Å². The van der Waals surface area contributed by atoms with Gasteiger partial charge in [-0.25, -0.2) is 9.78 Å². The van der Waals surface area contributed by atoms with Gasteiger partial charge in [0.2, 0.25) is 0 Å². The number of fused-ring (bicyclic) bond motifs is 2. The molecule has 0 aliphatic heterocycles. The minimum absolute atomic E-state index is 0.342. The smallest absolute Gasteiger partial charge is 0.350 e. The molecule has 3 aromatic rings. The van der Waals surface area contributed by atoms with Gasteiger partial charge in [0.25, 0.3) is 0 Å². The third kappa shape index (κ3) is 2.89. The molecule has 25 heavy (non-hydrogen) atoms. The van der Waals surface area contributed by atoms with Crippen LogP contribution < -0.4 is 5.73 Å². The summed E-state index contributed by atoms with van der Waals surface area (Å²) < 4.78 is 5.10. The van der Waals surface area contributed by atoms with Crippen LogP contribution in [0.15, 0.2) is 36.4 Å². The summed E-state index contributed by atoms with van der Waals surface area (Å²) in [6.45, 7) is 2.14. The highest BCUT2D eigenvalue weighted by Gasteiger charge is 2.24. The second-order valence-corrected chi connectivity index (χ2v) is 7.36. The van der Waals surface area contributed by atoms with Gasteiger partial charge in [-0.3, -0.25) is 0 Å². The molecule has 128 valence electrons. The Bertz CT molecular complexity index is 934. The van der Waals surface area contributed by atoms with Crippen LogP contribution in [-0.4, -0.2) is 17.6 Å². The van der Waals surface area contributed by atoms with Crippen molar-refractivity contribution in [1.82, 2.24) is 4.98 Å². The zero-order chi connectivity index (χ0) is 17.4. The van der Waals surface area contributed by atoms with Gasteiger partial charge in [-0.15, -0.1) is 11.3 Å². The van der Waals surface area contributed by atoms with E-state index in [4.69, 9.17) is 15.5 Å². The topological polar surface area (TPSA) is 65.2 Å². The molecule has 2 N–H and O–H groups in total. The Morgan fingerprint density at radius 2 is 2.16 bits per heavy atom. The average Bonchev–Trinajstić information content (AvgIpc) is 2.96. The summed E-state index contributed by atoms with van der Waals surface area (Å²) in [5.41, 5.74) is 10.5. The standard InChI is InChI=1S/C20H20N2O2S/c1-2-24-20(23)18-17(21)15-11-14-10-13(12-6-4-3-5-7-12)8-9-16(14)22-19(15)25-18/h3-7,11,13H,2,8-10,21H2,1H3/t13-/m1/s1. The van der Waals surface area contributed by atoms with E-state index in [2.05, 4.69) is 30.3 Å². The third-order valence-electron chi connectivity index (χ3n) is 4.82. The van der Waals surface area contributed by atoms with Crippen LogP contribution in [0.25, 0.3) is 10.2 Å². The fourth-order valence-corrected chi connectivity index (χ4v) is 4.54. The number of nitrogen functional groups attached to an aromatic ring is 1. The number of aromatic nitrogens is 1. The summed E-state index contributed by atoms with van der Waals surface area (Å²) in [5, 5.41) is 0.875. The molecule has 0 spiro atoms. The minimum atomic E-state index is -0.358. The van der Waals surface area contributed by atoms with Gasteiger partial charge in [0.05, 0.1) is 12.3 Å². The fourth-order valence-electron chi connectivity index (χ4n) is 3.55. The van der Waals surface area contributed by atoms with Crippen molar-refractivity contribution >= 4 is 33.2 Å². The molecule has 2 heterocycles. The normalized spacial score (nSPS) is 16.6. The lowest BCUT2D eigenvalue weighted by atomic mass is 9.82. The molecule has 0 fully saturated rings. The Kier molecular flexibility index (Phi) is 4.17. The maximum Gasteiger partial charge on any atom is 0.350 e. The van der Waals surface area contributed by atoms with Crippen LogP contribution in [0.5, 0.6) is 0 Å². The number of esters is 1. The quantitative estimate of drug-likeness (QED) is 0.713. The molecule has 1 aliphatic carbocycles. The molecule has 4 nitrogen and oxygen atoms in total. The first-order chi connectivity index (χ1) is 12.2. The van der Waals surface area contributed by atoms with E-state index in [1.165, 1.54) is 22.5 Å². The van der Waals surface area contributed by atoms with Crippen LogP contribution >= 0.6 is 11.3 Å². The number of nitrogens with zero attached hydrogens (tertiary/aromatic N) is 1. The number of ether oxygens (including phenoxy) is 1. The molecular weight excluding hydrogens is 332 g/mol. The molecule has 0 saturated carbocycles. The number of rotatable bonds is 3. The van der Waals surface area contributed by atoms with Gasteiger partial charge in [0.1, 0.15) is 9.71 Å². The number of aryl methyl sites for hydroxylation is 1. The molecule has 1 atom stereocenters. The molecule has 0 unspecified atom stereocenters. The zero-order valence-electron chi connectivity index (χ0n) is 14.1. The van der Waals surface area contributed by atoms with E-state index >= 15 is 0 Å². The first-order valence-electron chi connectivity index (χ1n) is 8.60. The molecule has 0 amide bonds. The number of pyridine rings is 1. The highest BCUT2D eigenvalue weighted by Crippen LogP contribution is 2.38. The first kappa shape index (κ1) is 16.1. The Morgan fingerprint density at radius 3 is 2.92 bits per heavy atom. The van der Waals surface area contributed by atoms with Gasteiger partial charge >= 0.3 is 5.97 Å². The van der Waals surface area contributed by atoms with Crippen LogP contribution in [0.4, 0.5) is 5.69 Å². The summed E-state index contributed by atoms with van der Waals surface area (Å²) in [7, 11) is 0. The van der Waals surface area contributed by atoms with E-state index in [1.54, 1.807) is 6.92 Å². The SMILES string of the molecule is CCOC(=O)c1sc2nc3c(cc2c1N)C[C@H](c1ccccc1)CC3. The summed E-state index contributed by atoms with van der Waals surface area (Å²) in [6.07, 6.45) is 3.02. The second kappa shape index (κ2) is 6.48. The van der Waals surface area contributed by atoms with Crippen LogP contribution in [-0.2, 0) is 17.6 Å². The Morgan fingerprint density at radius 1 is 1.36 bits per heavy atom. The molecule has 4 rings (SSSR count). The zero-order valence-corrected chi connectivity index (χ0v) is 14.9. The average molecular weight is 352 g/mol. The lowest BCUT2D eigenvalue weighted by Crippen LogP contribution is -2.14. The van der Waals surface area contributed by atoms with Gasteiger partial charge in [-0.05, 0) is 49.3 Å². The van der Waals surface area contributed by atoms with Gasteiger partial charge in [-0.2, -0.15) is 0 Å². The predicted octanol–water partition coefficient (Wildman–Crippen LogP) is 4.33. The molecule has 5 heteroatoms. The number of benzene rings is 1. The van der Waals surface area contributed by atoms with Crippen LogP contribution in [0, 0.1) is 0 Å². The summed E-state index contributed by atoms with van der Waals surface area (Å²) in [5.74, 6) is 0.153. The van der Waals surface area contributed by atoms with Gasteiger partial charge in [0, 0.05) is 11.1 Å². The van der Waals surface area contributed by atoms with Crippen LogP contribution in [0.2, 0.25) is 0 Å². The van der Waals surface area contributed by atoms with Crippen molar-refractivity contribution in [3.63, 3.8) is 0 Å². The summed E-state index contributed by atoms with van der Waals surface area (Å²) >= 11 is 1.33. The third-order valence-corrected chi connectivity index (χ3v) is 5.91. The monoisotopic (exact) mass is 352 g/mol. The lowest BCUT2D eigenvalue weighted by Gasteiger charge is -2.24. The second-order valence-electron chi connectivity index (χ2n) is 6.36. The fraction of sp³-hybridized carbons (Fsp3) is 0.300. The maximum atomic E-state index is 12.1. The molecular formula is C20H20N2O2S. The van der Waals surface area contributed by atoms with Crippen LogP contribution in [0.1, 0.15) is 45.8 Å². The van der Waals surface area contributed by atoms with Crippen molar-refractivity contribution in [1.29, 1.82) is 0 Å². The molecule has 0 radical (unpaired) electrons. The molecule has 2 aromatic heterocycles. The Labute approximate surface area is 150 Å². The van der Waals surface area contributed by atoms with E-state index in [0.29, 0.717) is 23.1 Å². The Hall–Kier alpha value is -2.40. The first-order valence-corrected chi connectivity index (χ1v) is 9.41. The van der Waals surface area contributed by atoms with E-state index in [9.17, 15) is 4.79 Å². The molecule has 0 bridgehead atoms. The maximum absolute atomic E-state index is 12.1. The van der Waals surface area contributed by atoms with Crippen molar-refractivity contribution in [3.8, 4) is 0 Å². The number of carbonyl (C=O) groups excluding carboxylic acids is 1. The van der Waals surface area contributed by atoms with Crippen molar-refractivity contribution < 1.29 is 9.53 Å². The van der Waals surface area contributed by atoms with E-state index in [1.807, 2.05) is 6.07 Å². The van der Waals surface area contributed by atoms with E-state index < -0.39 is 0 Å². The number of nitrogens with two attached hydrogens (primary N) is 1. The van der Waals surface area contributed by atoms with Gasteiger partial charge < -0.3 is 10.5 Å². The van der Waals surface area contributed by atoms with E-state index in [-0.39, 0.29) is 5.97 Å². The predicted molar refractivity (Wildman–Crippen MR) is 101 cm³/mol. The number of anilines is 1. The van der Waals surface area contributed by atoms with Gasteiger partial charge in [0.15, 0.2) is 0 Å². The van der Waals surface area contributed by atoms with Crippen molar-refractivity contribution in [2.45, 2.75) is 32.1 Å². The number of hydrogen-bond donors (Lipinski definition) is 1. The lowest BCUT2D eigenvalue weighted by molar-refractivity contribution is 0.0533. The Balaban J connectivity index is 1.71. The van der Waals surface area contributed by atoms with Crippen LogP contribution in [0.3, 0.4) is 0 Å². The van der Waals surface area contributed by atoms with Crippen molar-refractivity contribution in [2.75, 3.05) is 12.3 Å². The highest BCUT2D eigenvalue weighted by atomic mass is 32.1. The minimum Gasteiger partial charge on any atom is -0.462 e. The number of hydrogen-bond acceptors (Lipinski definition) is 5. The number of thiophene rings is 1. The molecule has 0 saturated heterocycles. The van der Waals surface area contributed by atoms with Gasteiger partial charge in [-0.1, -0.05) is 30.3 Å². The summed E-state index contributed by atoms with van der Waals surface area (Å²) in [6, 6.07) is 12.7. The molecule has 1 aromatic carbocycles. The largest absolute Gasteiger partial charge is 0.462 e. The highest BCUT2D eigenvalue weighted by molar-refractivity contribution is 7.21. The van der Waals surface area contributed by atoms with Crippen molar-refractivity contribution in [2.24, 2.45) is 0 Å².